The largest absolute Gasteiger partial charge is 0.477 e. The highest BCUT2D eigenvalue weighted by Gasteiger charge is 2.14. The van der Waals surface area contributed by atoms with Crippen molar-refractivity contribution in [3.63, 3.8) is 0 Å². The lowest BCUT2D eigenvalue weighted by Gasteiger charge is -2.04. The van der Waals surface area contributed by atoms with E-state index in [-0.39, 0.29) is 17.4 Å². The zero-order valence-electron chi connectivity index (χ0n) is 10.4. The van der Waals surface area contributed by atoms with Crippen molar-refractivity contribution in [2.45, 2.75) is 6.92 Å². The van der Waals surface area contributed by atoms with Gasteiger partial charge in [0, 0.05) is 12.7 Å². The van der Waals surface area contributed by atoms with Crippen LogP contribution in [0.25, 0.3) is 0 Å². The average molecular weight is 260 g/mol. The summed E-state index contributed by atoms with van der Waals surface area (Å²) in [7, 11) is 1.73. The van der Waals surface area contributed by atoms with E-state index >= 15 is 0 Å². The van der Waals surface area contributed by atoms with Gasteiger partial charge in [0.15, 0.2) is 5.69 Å². The Labute approximate surface area is 108 Å². The second kappa shape index (κ2) is 4.89. The number of hydrogen-bond donors (Lipinski definition) is 2. The molecule has 19 heavy (non-hydrogen) atoms. The summed E-state index contributed by atoms with van der Waals surface area (Å²) in [6.45, 7) is 1.77. The molecule has 0 saturated heterocycles. The van der Waals surface area contributed by atoms with Crippen LogP contribution in [-0.2, 0) is 7.05 Å². The lowest BCUT2D eigenvalue weighted by Crippen LogP contribution is -2.15. The van der Waals surface area contributed by atoms with Gasteiger partial charge < -0.3 is 10.4 Å². The molecule has 2 aromatic rings. The van der Waals surface area contributed by atoms with E-state index in [1.807, 2.05) is 0 Å². The smallest absolute Gasteiger partial charge is 0.354 e. The van der Waals surface area contributed by atoms with Crippen molar-refractivity contribution in [3.05, 3.63) is 41.3 Å². The highest BCUT2D eigenvalue weighted by molar-refractivity contribution is 6.04. The van der Waals surface area contributed by atoms with Crippen molar-refractivity contribution in [2.75, 3.05) is 5.32 Å². The maximum absolute atomic E-state index is 12.0. The molecule has 0 fully saturated rings. The minimum Gasteiger partial charge on any atom is -0.477 e. The van der Waals surface area contributed by atoms with E-state index in [0.29, 0.717) is 11.3 Å². The first-order valence-electron chi connectivity index (χ1n) is 5.49. The number of hydrogen-bond acceptors (Lipinski definition) is 4. The molecule has 0 radical (unpaired) electrons. The molecule has 1 amide bonds. The molecule has 2 rings (SSSR count). The number of aryl methyl sites for hydroxylation is 1. The molecule has 0 spiro atoms. The van der Waals surface area contributed by atoms with Gasteiger partial charge in [-0.25, -0.2) is 9.78 Å². The van der Waals surface area contributed by atoms with Gasteiger partial charge in [-0.2, -0.15) is 5.10 Å². The van der Waals surface area contributed by atoms with E-state index in [9.17, 15) is 9.59 Å². The number of nitrogens with one attached hydrogen (secondary N) is 1. The summed E-state index contributed by atoms with van der Waals surface area (Å²) in [5.74, 6) is -1.33. The van der Waals surface area contributed by atoms with Crippen LogP contribution in [0.5, 0.6) is 0 Å². The Kier molecular flexibility index (Phi) is 3.28. The lowest BCUT2D eigenvalue weighted by molar-refractivity contribution is 0.0690. The number of anilines is 1. The van der Waals surface area contributed by atoms with Gasteiger partial charge in [0.1, 0.15) is 5.82 Å². The fourth-order valence-electron chi connectivity index (χ4n) is 1.53. The number of carbonyl (C=O) groups is 2. The number of aromatic nitrogens is 3. The van der Waals surface area contributed by atoms with Crippen molar-refractivity contribution in [1.82, 2.24) is 14.8 Å². The molecule has 0 bridgehead atoms. The van der Waals surface area contributed by atoms with Gasteiger partial charge in [-0.3, -0.25) is 9.48 Å². The van der Waals surface area contributed by atoms with E-state index in [0.717, 1.165) is 0 Å². The average Bonchev–Trinajstić information content (AvgIpc) is 2.70. The van der Waals surface area contributed by atoms with Crippen molar-refractivity contribution in [2.24, 2.45) is 7.05 Å². The summed E-state index contributed by atoms with van der Waals surface area (Å²) in [6, 6.07) is 4.39. The van der Waals surface area contributed by atoms with Gasteiger partial charge in [-0.1, -0.05) is 6.07 Å². The number of carboxylic acid groups (broad SMARTS) is 1. The minimum atomic E-state index is -1.14. The molecule has 0 aliphatic heterocycles. The SMILES string of the molecule is Cc1c(C(=O)Nc2cccc(C(=O)O)n2)cnn1C. The Morgan fingerprint density at radius 1 is 1.37 bits per heavy atom. The highest BCUT2D eigenvalue weighted by atomic mass is 16.4. The van der Waals surface area contributed by atoms with Crippen LogP contribution in [-0.4, -0.2) is 31.7 Å². The predicted octanol–water partition coefficient (Wildman–Crippen LogP) is 1.07. The summed E-state index contributed by atoms with van der Waals surface area (Å²) >= 11 is 0. The molecule has 7 nitrogen and oxygen atoms in total. The molecule has 2 N–H and O–H groups in total. The third-order valence-corrected chi connectivity index (χ3v) is 2.69. The van der Waals surface area contributed by atoms with Crippen molar-refractivity contribution < 1.29 is 14.7 Å². The van der Waals surface area contributed by atoms with Gasteiger partial charge in [-0.05, 0) is 19.1 Å². The number of aromatic carboxylic acids is 1. The zero-order valence-corrected chi connectivity index (χ0v) is 10.4. The maximum atomic E-state index is 12.0. The summed E-state index contributed by atoms with van der Waals surface area (Å²) in [5, 5.41) is 15.3. The van der Waals surface area contributed by atoms with Crippen molar-refractivity contribution >= 4 is 17.7 Å². The van der Waals surface area contributed by atoms with Crippen LogP contribution in [0.1, 0.15) is 26.5 Å². The van der Waals surface area contributed by atoms with Crippen molar-refractivity contribution in [1.29, 1.82) is 0 Å². The first-order valence-corrected chi connectivity index (χ1v) is 5.49. The van der Waals surface area contributed by atoms with Gasteiger partial charge in [-0.15, -0.1) is 0 Å². The number of pyridine rings is 1. The third kappa shape index (κ3) is 2.59. The number of amides is 1. The van der Waals surface area contributed by atoms with E-state index < -0.39 is 5.97 Å². The lowest BCUT2D eigenvalue weighted by atomic mass is 10.2. The van der Waals surface area contributed by atoms with Gasteiger partial charge >= 0.3 is 5.97 Å². The van der Waals surface area contributed by atoms with Crippen LogP contribution in [0.3, 0.4) is 0 Å². The van der Waals surface area contributed by atoms with Crippen LogP contribution < -0.4 is 5.32 Å². The molecule has 0 unspecified atom stereocenters. The van der Waals surface area contributed by atoms with Gasteiger partial charge in [0.2, 0.25) is 0 Å². The van der Waals surface area contributed by atoms with Crippen LogP contribution >= 0.6 is 0 Å². The standard InChI is InChI=1S/C12H12N4O3/c1-7-8(6-13-16(7)2)11(17)15-10-5-3-4-9(14-10)12(18)19/h3-6H,1-2H3,(H,18,19)(H,14,15,17). The fraction of sp³-hybridized carbons (Fsp3) is 0.167. The molecule has 2 aromatic heterocycles. The molecule has 0 atom stereocenters. The van der Waals surface area contributed by atoms with E-state index in [1.54, 1.807) is 18.7 Å². The molecule has 0 aliphatic carbocycles. The molecule has 0 saturated carbocycles. The molecule has 0 aliphatic rings. The Morgan fingerprint density at radius 3 is 2.68 bits per heavy atom. The highest BCUT2D eigenvalue weighted by Crippen LogP contribution is 2.10. The predicted molar refractivity (Wildman–Crippen MR) is 67.1 cm³/mol. The first-order chi connectivity index (χ1) is 8.99. The number of nitrogens with zero attached hydrogens (tertiary/aromatic N) is 3. The number of carbonyl (C=O) groups excluding carboxylic acids is 1. The van der Waals surface area contributed by atoms with Crippen LogP contribution in [0, 0.1) is 6.92 Å². The summed E-state index contributed by atoms with van der Waals surface area (Å²) < 4.78 is 1.58. The monoisotopic (exact) mass is 260 g/mol. The van der Waals surface area contributed by atoms with Crippen LogP contribution in [0.15, 0.2) is 24.4 Å². The van der Waals surface area contributed by atoms with Gasteiger partial charge in [0.05, 0.1) is 11.8 Å². The quantitative estimate of drug-likeness (QED) is 0.860. The maximum Gasteiger partial charge on any atom is 0.354 e. The summed E-state index contributed by atoms with van der Waals surface area (Å²) in [4.78, 5) is 26.6. The fourth-order valence-corrected chi connectivity index (χ4v) is 1.53. The van der Waals surface area contributed by atoms with Crippen molar-refractivity contribution in [3.8, 4) is 0 Å². The summed E-state index contributed by atoms with van der Waals surface area (Å²) in [5.41, 5.74) is 1.01. The van der Waals surface area contributed by atoms with Crippen LogP contribution in [0.2, 0.25) is 0 Å². The topological polar surface area (TPSA) is 97.1 Å². The number of carboxylic acids is 1. The number of rotatable bonds is 3. The Morgan fingerprint density at radius 2 is 2.11 bits per heavy atom. The Bertz CT molecular complexity index is 648. The second-order valence-electron chi connectivity index (χ2n) is 3.93. The van der Waals surface area contributed by atoms with Crippen LogP contribution in [0.4, 0.5) is 5.82 Å². The molecular weight excluding hydrogens is 248 g/mol. The molecular formula is C12H12N4O3. The third-order valence-electron chi connectivity index (χ3n) is 2.69. The Hall–Kier alpha value is -2.70. The first kappa shape index (κ1) is 12.7. The summed E-state index contributed by atoms with van der Waals surface area (Å²) in [6.07, 6.45) is 1.45. The minimum absolute atomic E-state index is 0.124. The van der Waals surface area contributed by atoms with E-state index in [1.165, 1.54) is 24.4 Å². The molecule has 98 valence electrons. The van der Waals surface area contributed by atoms with E-state index in [4.69, 9.17) is 5.11 Å². The Balaban J connectivity index is 2.22. The van der Waals surface area contributed by atoms with Gasteiger partial charge in [0.25, 0.3) is 5.91 Å². The normalized spacial score (nSPS) is 10.2. The molecule has 7 heteroatoms. The molecule has 0 aromatic carbocycles. The van der Waals surface area contributed by atoms with E-state index in [2.05, 4.69) is 15.4 Å². The second-order valence-corrected chi connectivity index (χ2v) is 3.93. The zero-order chi connectivity index (χ0) is 14.0. The molecule has 2 heterocycles.